The normalized spacial score (nSPS) is 19.7. The van der Waals surface area contributed by atoms with Crippen LogP contribution in [-0.4, -0.2) is 69.8 Å². The summed E-state index contributed by atoms with van der Waals surface area (Å²) in [4.78, 5) is 40.6. The third-order valence-electron chi connectivity index (χ3n) is 5.87. The van der Waals surface area contributed by atoms with Gasteiger partial charge >= 0.3 is 0 Å². The van der Waals surface area contributed by atoms with Crippen molar-refractivity contribution < 1.29 is 9.59 Å². The summed E-state index contributed by atoms with van der Waals surface area (Å²) < 4.78 is 0. The van der Waals surface area contributed by atoms with Gasteiger partial charge in [-0.2, -0.15) is 0 Å². The van der Waals surface area contributed by atoms with Crippen LogP contribution in [0.5, 0.6) is 0 Å². The Kier molecular flexibility index (Phi) is 6.01. The number of hydrogen-bond donors (Lipinski definition) is 1. The van der Waals surface area contributed by atoms with Gasteiger partial charge in [0.2, 0.25) is 5.91 Å². The average Bonchev–Trinajstić information content (AvgIpc) is 3.27. The second-order valence-corrected chi connectivity index (χ2v) is 8.77. The van der Waals surface area contributed by atoms with E-state index in [9.17, 15) is 9.59 Å². The van der Waals surface area contributed by atoms with Gasteiger partial charge in [0.15, 0.2) is 5.82 Å². The Morgan fingerprint density at radius 2 is 2.17 bits per heavy atom. The molecule has 0 bridgehead atoms. The van der Waals surface area contributed by atoms with Gasteiger partial charge in [-0.3, -0.25) is 14.5 Å². The Hall–Kier alpha value is -2.52. The molecular formula is C21H28N6O2S. The maximum Gasteiger partial charge on any atom is 0.255 e. The van der Waals surface area contributed by atoms with E-state index in [2.05, 4.69) is 41.0 Å². The highest BCUT2D eigenvalue weighted by Gasteiger charge is 2.32. The fourth-order valence-electron chi connectivity index (χ4n) is 4.23. The Balaban J connectivity index is 1.56. The maximum atomic E-state index is 13.3. The van der Waals surface area contributed by atoms with Crippen molar-refractivity contribution in [1.82, 2.24) is 19.8 Å². The van der Waals surface area contributed by atoms with Gasteiger partial charge in [0.25, 0.3) is 5.91 Å². The number of piperazine rings is 1. The highest BCUT2D eigenvalue weighted by Crippen LogP contribution is 2.30. The van der Waals surface area contributed by atoms with Crippen molar-refractivity contribution in [2.75, 3.05) is 36.4 Å². The van der Waals surface area contributed by atoms with Crippen molar-refractivity contribution in [2.24, 2.45) is 0 Å². The van der Waals surface area contributed by atoms with Crippen LogP contribution in [0.1, 0.15) is 43.2 Å². The quantitative estimate of drug-likeness (QED) is 0.788. The van der Waals surface area contributed by atoms with Crippen LogP contribution in [0.25, 0.3) is 0 Å². The number of nitrogens with one attached hydrogen (secondary N) is 1. The molecule has 0 aromatic carbocycles. The van der Waals surface area contributed by atoms with Crippen LogP contribution in [0.3, 0.4) is 0 Å². The standard InChI is InChI=1S/C21H28N6O2S/c1-4-17-11-25(5-6-26(17)14(2)3)21(29)15-7-18-20(22-8-15)23-9-19(28)27(18)10-16-12-30-13-24-16/h7-8,12-14,17H,4-6,9-11H2,1-3H3,(H,22,23). The number of carbonyl (C=O) groups is 2. The Labute approximate surface area is 180 Å². The fraction of sp³-hybridized carbons (Fsp3) is 0.524. The first kappa shape index (κ1) is 20.7. The highest BCUT2D eigenvalue weighted by molar-refractivity contribution is 7.07. The smallest absolute Gasteiger partial charge is 0.255 e. The van der Waals surface area contributed by atoms with Crippen molar-refractivity contribution in [3.05, 3.63) is 34.4 Å². The van der Waals surface area contributed by atoms with Crippen LogP contribution in [0.4, 0.5) is 11.5 Å². The molecule has 4 rings (SSSR count). The number of fused-ring (bicyclic) bond motifs is 1. The molecule has 2 aromatic heterocycles. The van der Waals surface area contributed by atoms with Crippen LogP contribution in [-0.2, 0) is 11.3 Å². The van der Waals surface area contributed by atoms with Crippen molar-refractivity contribution >= 4 is 34.7 Å². The molecule has 1 fully saturated rings. The topological polar surface area (TPSA) is 81.7 Å². The second-order valence-electron chi connectivity index (χ2n) is 8.05. The molecule has 160 valence electrons. The molecule has 30 heavy (non-hydrogen) atoms. The molecule has 4 heterocycles. The van der Waals surface area contributed by atoms with Crippen LogP contribution in [0.2, 0.25) is 0 Å². The average molecular weight is 429 g/mol. The number of hydrogen-bond acceptors (Lipinski definition) is 7. The van der Waals surface area contributed by atoms with Crippen molar-refractivity contribution in [3.8, 4) is 0 Å². The van der Waals surface area contributed by atoms with E-state index in [1.165, 1.54) is 11.3 Å². The molecule has 2 amide bonds. The van der Waals surface area contributed by atoms with Crippen molar-refractivity contribution in [2.45, 2.75) is 45.8 Å². The summed E-state index contributed by atoms with van der Waals surface area (Å²) in [6.45, 7) is 9.42. The molecule has 2 aliphatic heterocycles. The predicted molar refractivity (Wildman–Crippen MR) is 118 cm³/mol. The summed E-state index contributed by atoms with van der Waals surface area (Å²) >= 11 is 1.50. The number of pyridine rings is 1. The fourth-order valence-corrected chi connectivity index (χ4v) is 4.78. The minimum Gasteiger partial charge on any atom is -0.359 e. The molecule has 0 spiro atoms. The zero-order chi connectivity index (χ0) is 21.3. The molecule has 0 aliphatic carbocycles. The summed E-state index contributed by atoms with van der Waals surface area (Å²) in [5, 5.41) is 4.98. The van der Waals surface area contributed by atoms with Crippen LogP contribution >= 0.6 is 11.3 Å². The predicted octanol–water partition coefficient (Wildman–Crippen LogP) is 2.44. The van der Waals surface area contributed by atoms with Gasteiger partial charge in [-0.05, 0) is 26.3 Å². The summed E-state index contributed by atoms with van der Waals surface area (Å²) in [5.74, 6) is 0.537. The third kappa shape index (κ3) is 4.04. The van der Waals surface area contributed by atoms with E-state index >= 15 is 0 Å². The third-order valence-corrected chi connectivity index (χ3v) is 6.50. The summed E-state index contributed by atoms with van der Waals surface area (Å²) in [5.41, 5.74) is 3.73. The molecule has 0 radical (unpaired) electrons. The molecule has 1 unspecified atom stereocenters. The maximum absolute atomic E-state index is 13.3. The molecule has 2 aliphatic rings. The van der Waals surface area contributed by atoms with Gasteiger partial charge in [-0.25, -0.2) is 9.97 Å². The van der Waals surface area contributed by atoms with Gasteiger partial charge in [0.05, 0.1) is 35.5 Å². The van der Waals surface area contributed by atoms with E-state index in [-0.39, 0.29) is 18.4 Å². The van der Waals surface area contributed by atoms with Gasteiger partial charge < -0.3 is 15.1 Å². The van der Waals surface area contributed by atoms with Gasteiger partial charge in [0, 0.05) is 43.3 Å². The van der Waals surface area contributed by atoms with Crippen molar-refractivity contribution in [1.29, 1.82) is 0 Å². The first-order valence-electron chi connectivity index (χ1n) is 10.4. The van der Waals surface area contributed by atoms with Gasteiger partial charge in [-0.15, -0.1) is 11.3 Å². The minimum absolute atomic E-state index is 0.0289. The molecule has 1 atom stereocenters. The molecule has 1 N–H and O–H groups in total. The lowest BCUT2D eigenvalue weighted by atomic mass is 10.1. The number of carbonyl (C=O) groups excluding carboxylic acids is 2. The van der Waals surface area contributed by atoms with E-state index in [0.717, 1.165) is 18.7 Å². The Morgan fingerprint density at radius 3 is 2.87 bits per heavy atom. The monoisotopic (exact) mass is 428 g/mol. The van der Waals surface area contributed by atoms with Crippen LogP contribution in [0.15, 0.2) is 23.2 Å². The largest absolute Gasteiger partial charge is 0.359 e. The van der Waals surface area contributed by atoms with E-state index in [4.69, 9.17) is 0 Å². The van der Waals surface area contributed by atoms with E-state index < -0.39 is 0 Å². The summed E-state index contributed by atoms with van der Waals surface area (Å²) in [7, 11) is 0. The number of nitrogens with zero attached hydrogens (tertiary/aromatic N) is 5. The molecule has 2 aromatic rings. The number of rotatable bonds is 5. The van der Waals surface area contributed by atoms with E-state index in [0.29, 0.717) is 48.8 Å². The van der Waals surface area contributed by atoms with Crippen molar-refractivity contribution in [3.63, 3.8) is 0 Å². The number of anilines is 2. The first-order chi connectivity index (χ1) is 14.5. The SMILES string of the molecule is CCC1CN(C(=O)c2cnc3c(c2)N(Cc2cscn2)C(=O)CN3)CCN1C(C)C. The Morgan fingerprint density at radius 1 is 1.33 bits per heavy atom. The zero-order valence-electron chi connectivity index (χ0n) is 17.7. The minimum atomic E-state index is -0.0570. The number of aromatic nitrogens is 2. The molecule has 9 heteroatoms. The van der Waals surface area contributed by atoms with Crippen LogP contribution < -0.4 is 10.2 Å². The number of amides is 2. The molecular weight excluding hydrogens is 400 g/mol. The van der Waals surface area contributed by atoms with Gasteiger partial charge in [-0.1, -0.05) is 6.92 Å². The molecule has 8 nitrogen and oxygen atoms in total. The van der Waals surface area contributed by atoms with Gasteiger partial charge in [0.1, 0.15) is 0 Å². The van der Waals surface area contributed by atoms with E-state index in [1.807, 2.05) is 10.3 Å². The van der Waals surface area contributed by atoms with Crippen LogP contribution in [0, 0.1) is 0 Å². The molecule has 0 saturated carbocycles. The first-order valence-corrected chi connectivity index (χ1v) is 11.4. The zero-order valence-corrected chi connectivity index (χ0v) is 18.5. The van der Waals surface area contributed by atoms with E-state index in [1.54, 1.807) is 22.7 Å². The Bertz CT molecular complexity index is 916. The second kappa shape index (κ2) is 8.69. The summed E-state index contributed by atoms with van der Waals surface area (Å²) in [6.07, 6.45) is 2.62. The highest BCUT2D eigenvalue weighted by atomic mass is 32.1. The lowest BCUT2D eigenvalue weighted by Gasteiger charge is -2.43. The molecule has 1 saturated heterocycles. The number of thiazole rings is 1. The summed E-state index contributed by atoms with van der Waals surface area (Å²) in [6, 6.07) is 2.61. The lowest BCUT2D eigenvalue weighted by molar-refractivity contribution is -0.117. The lowest BCUT2D eigenvalue weighted by Crippen LogP contribution is -2.56.